The molecule has 0 saturated carbocycles. The van der Waals surface area contributed by atoms with Crippen LogP contribution in [0, 0.1) is 12.7 Å². The number of amides is 2. The molecule has 2 aromatic rings. The van der Waals surface area contributed by atoms with Crippen molar-refractivity contribution in [3.05, 3.63) is 65.0 Å². The molecule has 144 valence electrons. The van der Waals surface area contributed by atoms with Gasteiger partial charge in [0.15, 0.2) is 0 Å². The van der Waals surface area contributed by atoms with Crippen molar-refractivity contribution in [2.75, 3.05) is 12.4 Å². The summed E-state index contributed by atoms with van der Waals surface area (Å²) in [6.07, 6.45) is 0.200. The van der Waals surface area contributed by atoms with Gasteiger partial charge in [0.25, 0.3) is 0 Å². The SMILES string of the molecule is COC(=O)C(Cc1ccc(F)cc1)NC(=O)Nc1c(C)cccc1C(C)C. The average Bonchev–Trinajstić information content (AvgIpc) is 2.63. The first kappa shape index (κ1) is 20.4. The summed E-state index contributed by atoms with van der Waals surface area (Å²) in [6, 6.07) is 10.2. The number of carbonyl (C=O) groups excluding carboxylic acids is 2. The monoisotopic (exact) mass is 372 g/mol. The summed E-state index contributed by atoms with van der Waals surface area (Å²) in [5.74, 6) is -0.695. The zero-order valence-corrected chi connectivity index (χ0v) is 16.0. The fourth-order valence-electron chi connectivity index (χ4n) is 2.84. The van der Waals surface area contributed by atoms with Gasteiger partial charge in [-0.2, -0.15) is 0 Å². The molecule has 5 nitrogen and oxygen atoms in total. The summed E-state index contributed by atoms with van der Waals surface area (Å²) in [5.41, 5.74) is 3.39. The van der Waals surface area contributed by atoms with Crippen molar-refractivity contribution in [1.29, 1.82) is 0 Å². The highest BCUT2D eigenvalue weighted by Gasteiger charge is 2.23. The fraction of sp³-hybridized carbons (Fsp3) is 0.333. The molecule has 0 aliphatic carbocycles. The number of anilines is 1. The molecule has 2 rings (SSSR count). The van der Waals surface area contributed by atoms with Gasteiger partial charge in [-0.3, -0.25) is 0 Å². The van der Waals surface area contributed by atoms with Crippen molar-refractivity contribution in [1.82, 2.24) is 5.32 Å². The van der Waals surface area contributed by atoms with Gasteiger partial charge < -0.3 is 15.4 Å². The largest absolute Gasteiger partial charge is 0.467 e. The summed E-state index contributed by atoms with van der Waals surface area (Å²) in [5, 5.41) is 5.50. The molecule has 0 fully saturated rings. The Morgan fingerprint density at radius 3 is 2.37 bits per heavy atom. The van der Waals surface area contributed by atoms with Crippen molar-refractivity contribution in [3.63, 3.8) is 0 Å². The van der Waals surface area contributed by atoms with Gasteiger partial charge in [0, 0.05) is 12.1 Å². The van der Waals surface area contributed by atoms with Crippen LogP contribution >= 0.6 is 0 Å². The van der Waals surface area contributed by atoms with Crippen molar-refractivity contribution < 1.29 is 18.7 Å². The number of carbonyl (C=O) groups is 2. The molecule has 0 radical (unpaired) electrons. The predicted octanol–water partition coefficient (Wildman–Crippen LogP) is 4.16. The minimum absolute atomic E-state index is 0.200. The van der Waals surface area contributed by atoms with Gasteiger partial charge in [0.05, 0.1) is 7.11 Å². The first-order valence-corrected chi connectivity index (χ1v) is 8.81. The number of aryl methyl sites for hydroxylation is 1. The quantitative estimate of drug-likeness (QED) is 0.748. The molecule has 1 unspecified atom stereocenters. The van der Waals surface area contributed by atoms with Crippen LogP contribution in [0.3, 0.4) is 0 Å². The van der Waals surface area contributed by atoms with Crippen molar-refractivity contribution in [2.45, 2.75) is 39.2 Å². The number of halogens is 1. The lowest BCUT2D eigenvalue weighted by Crippen LogP contribution is -2.45. The molecule has 2 N–H and O–H groups in total. The van der Waals surface area contributed by atoms with Crippen LogP contribution in [0.5, 0.6) is 0 Å². The number of methoxy groups -OCH3 is 1. The molecule has 0 aliphatic heterocycles. The zero-order chi connectivity index (χ0) is 20.0. The lowest BCUT2D eigenvalue weighted by molar-refractivity contribution is -0.142. The van der Waals surface area contributed by atoms with E-state index in [0.717, 1.165) is 16.8 Å². The topological polar surface area (TPSA) is 67.4 Å². The fourth-order valence-corrected chi connectivity index (χ4v) is 2.84. The highest BCUT2D eigenvalue weighted by molar-refractivity contribution is 5.94. The summed E-state index contributed by atoms with van der Waals surface area (Å²) < 4.78 is 17.9. The standard InChI is InChI=1S/C21H25FN2O3/c1-13(2)17-7-5-6-14(3)19(17)24-21(26)23-18(20(25)27-4)12-15-8-10-16(22)11-9-15/h5-11,13,18H,12H2,1-4H3,(H2,23,24,26). The van der Waals surface area contributed by atoms with E-state index in [1.54, 1.807) is 12.1 Å². The number of urea groups is 1. The van der Waals surface area contributed by atoms with Crippen molar-refractivity contribution in [3.8, 4) is 0 Å². The van der Waals surface area contributed by atoms with Gasteiger partial charge in [-0.05, 0) is 41.7 Å². The second-order valence-corrected chi connectivity index (χ2v) is 6.70. The predicted molar refractivity (Wildman–Crippen MR) is 103 cm³/mol. The lowest BCUT2D eigenvalue weighted by atomic mass is 9.98. The van der Waals surface area contributed by atoms with E-state index in [0.29, 0.717) is 5.56 Å². The molecule has 0 saturated heterocycles. The first-order chi connectivity index (χ1) is 12.8. The second kappa shape index (κ2) is 9.16. The Morgan fingerprint density at radius 1 is 1.11 bits per heavy atom. The molecule has 0 heterocycles. The number of esters is 1. The molecule has 2 amide bonds. The van der Waals surface area contributed by atoms with Crippen LogP contribution in [-0.4, -0.2) is 25.2 Å². The Hall–Kier alpha value is -2.89. The summed E-state index contributed by atoms with van der Waals surface area (Å²) in [4.78, 5) is 24.6. The third kappa shape index (κ3) is 5.54. The Bertz CT molecular complexity index is 804. The molecule has 2 aromatic carbocycles. The zero-order valence-electron chi connectivity index (χ0n) is 16.0. The van der Waals surface area contributed by atoms with E-state index in [4.69, 9.17) is 4.74 Å². The van der Waals surface area contributed by atoms with Crippen molar-refractivity contribution in [2.24, 2.45) is 0 Å². The minimum atomic E-state index is -0.882. The summed E-state index contributed by atoms with van der Waals surface area (Å²) >= 11 is 0. The third-order valence-corrected chi connectivity index (χ3v) is 4.31. The minimum Gasteiger partial charge on any atom is -0.467 e. The van der Waals surface area contributed by atoms with E-state index >= 15 is 0 Å². The molecule has 0 spiro atoms. The maximum absolute atomic E-state index is 13.1. The van der Waals surface area contributed by atoms with Crippen LogP contribution in [0.4, 0.5) is 14.9 Å². The molecular weight excluding hydrogens is 347 g/mol. The molecular formula is C21H25FN2O3. The van der Waals surface area contributed by atoms with E-state index in [-0.39, 0.29) is 18.2 Å². The Labute approximate surface area is 158 Å². The number of hydrogen-bond donors (Lipinski definition) is 2. The van der Waals surface area contributed by atoms with E-state index < -0.39 is 18.0 Å². The Balaban J connectivity index is 2.15. The van der Waals surface area contributed by atoms with Gasteiger partial charge in [-0.25, -0.2) is 14.0 Å². The smallest absolute Gasteiger partial charge is 0.328 e. The lowest BCUT2D eigenvalue weighted by Gasteiger charge is -2.20. The highest BCUT2D eigenvalue weighted by atomic mass is 19.1. The van der Waals surface area contributed by atoms with Crippen LogP contribution in [-0.2, 0) is 16.0 Å². The Kier molecular flexibility index (Phi) is 6.93. The maximum Gasteiger partial charge on any atom is 0.328 e. The second-order valence-electron chi connectivity index (χ2n) is 6.70. The third-order valence-electron chi connectivity index (χ3n) is 4.31. The van der Waals surface area contributed by atoms with Gasteiger partial charge in [-0.15, -0.1) is 0 Å². The summed E-state index contributed by atoms with van der Waals surface area (Å²) in [7, 11) is 1.26. The van der Waals surface area contributed by atoms with Gasteiger partial charge in [-0.1, -0.05) is 44.2 Å². The normalized spacial score (nSPS) is 11.8. The van der Waals surface area contributed by atoms with Gasteiger partial charge in [0.1, 0.15) is 11.9 Å². The molecule has 1 atom stereocenters. The molecule has 6 heteroatoms. The number of nitrogens with one attached hydrogen (secondary N) is 2. The summed E-state index contributed by atoms with van der Waals surface area (Å²) in [6.45, 7) is 6.01. The van der Waals surface area contributed by atoms with Crippen LogP contribution in [0.25, 0.3) is 0 Å². The molecule has 27 heavy (non-hydrogen) atoms. The van der Waals surface area contributed by atoms with Crippen LogP contribution in [0.15, 0.2) is 42.5 Å². The number of ether oxygens (including phenoxy) is 1. The van der Waals surface area contributed by atoms with Gasteiger partial charge in [0.2, 0.25) is 0 Å². The number of rotatable bonds is 6. The molecule has 0 aromatic heterocycles. The number of para-hydroxylation sites is 1. The average molecular weight is 372 g/mol. The van der Waals surface area contributed by atoms with E-state index in [9.17, 15) is 14.0 Å². The van der Waals surface area contributed by atoms with E-state index in [2.05, 4.69) is 10.6 Å². The van der Waals surface area contributed by atoms with Crippen LogP contribution in [0.2, 0.25) is 0 Å². The molecule has 0 aliphatic rings. The highest BCUT2D eigenvalue weighted by Crippen LogP contribution is 2.27. The van der Waals surface area contributed by atoms with Crippen molar-refractivity contribution >= 4 is 17.7 Å². The number of benzene rings is 2. The number of hydrogen-bond acceptors (Lipinski definition) is 3. The van der Waals surface area contributed by atoms with Gasteiger partial charge >= 0.3 is 12.0 Å². The van der Waals surface area contributed by atoms with E-state index in [1.165, 1.54) is 19.2 Å². The van der Waals surface area contributed by atoms with E-state index in [1.807, 2.05) is 39.0 Å². The van der Waals surface area contributed by atoms with Crippen LogP contribution < -0.4 is 10.6 Å². The maximum atomic E-state index is 13.1. The first-order valence-electron chi connectivity index (χ1n) is 8.81. The Morgan fingerprint density at radius 2 is 1.78 bits per heavy atom. The van der Waals surface area contributed by atoms with Crippen LogP contribution in [0.1, 0.15) is 36.5 Å². The molecule has 0 bridgehead atoms.